The highest BCUT2D eigenvalue weighted by Gasteiger charge is 2.35. The molecule has 1 aromatic carbocycles. The molecule has 0 spiro atoms. The summed E-state index contributed by atoms with van der Waals surface area (Å²) in [6, 6.07) is 7.69. The number of aliphatic hydroxyl groups is 1. The van der Waals surface area contributed by atoms with Gasteiger partial charge in [0.25, 0.3) is 5.91 Å². The normalized spacial score (nSPS) is 20.6. The summed E-state index contributed by atoms with van der Waals surface area (Å²) < 4.78 is 7.37. The first-order chi connectivity index (χ1) is 16.5. The Bertz CT molecular complexity index is 1300. The number of allylic oxidation sites excluding steroid dienone is 2. The number of anilines is 2. The molecule has 0 fully saturated rings. The van der Waals surface area contributed by atoms with Gasteiger partial charge >= 0.3 is 0 Å². The minimum atomic E-state index is -0.823. The average Bonchev–Trinajstić information content (AvgIpc) is 3.51. The molecule has 0 radical (unpaired) electrons. The van der Waals surface area contributed by atoms with E-state index in [0.717, 1.165) is 29.0 Å². The Morgan fingerprint density at radius 2 is 2.21 bits per heavy atom. The number of aromatic nitrogens is 3. The average molecular weight is 458 g/mol. The lowest BCUT2D eigenvalue weighted by Gasteiger charge is -2.35. The maximum atomic E-state index is 13.0. The van der Waals surface area contributed by atoms with Crippen molar-refractivity contribution in [2.24, 2.45) is 0 Å². The van der Waals surface area contributed by atoms with Crippen molar-refractivity contribution < 1.29 is 14.6 Å². The van der Waals surface area contributed by atoms with E-state index < -0.39 is 11.6 Å². The Kier molecular flexibility index (Phi) is 5.67. The van der Waals surface area contributed by atoms with Gasteiger partial charge in [0.2, 0.25) is 5.95 Å². The lowest BCUT2D eigenvalue weighted by Crippen LogP contribution is -2.55. The number of rotatable bonds is 6. The van der Waals surface area contributed by atoms with Gasteiger partial charge in [-0.1, -0.05) is 31.2 Å². The minimum Gasteiger partial charge on any atom is -0.493 e. The van der Waals surface area contributed by atoms with Gasteiger partial charge < -0.3 is 25.0 Å². The fourth-order valence-electron chi connectivity index (χ4n) is 4.29. The van der Waals surface area contributed by atoms with Gasteiger partial charge in [0, 0.05) is 36.3 Å². The van der Waals surface area contributed by atoms with Gasteiger partial charge in [-0.05, 0) is 43.2 Å². The van der Waals surface area contributed by atoms with Crippen molar-refractivity contribution in [3.63, 3.8) is 0 Å². The molecule has 2 aliphatic rings. The molecular formula is C26H27N5O3. The molecule has 2 atom stereocenters. The zero-order valence-corrected chi connectivity index (χ0v) is 19.2. The van der Waals surface area contributed by atoms with Gasteiger partial charge in [-0.3, -0.25) is 4.79 Å². The number of fused-ring (bicyclic) bond motifs is 1. The first-order valence-corrected chi connectivity index (χ1v) is 11.4. The Hall–Kier alpha value is -3.91. The topological polar surface area (TPSA) is 101 Å². The van der Waals surface area contributed by atoms with Crippen LogP contribution in [0.1, 0.15) is 34.8 Å². The number of hydrogen-bond acceptors (Lipinski definition) is 6. The van der Waals surface area contributed by atoms with Crippen LogP contribution in [0.4, 0.5) is 11.6 Å². The predicted octanol–water partition coefficient (Wildman–Crippen LogP) is 3.62. The lowest BCUT2D eigenvalue weighted by atomic mass is 9.85. The van der Waals surface area contributed by atoms with E-state index in [4.69, 9.17) is 4.74 Å². The van der Waals surface area contributed by atoms with Crippen molar-refractivity contribution in [1.29, 1.82) is 0 Å². The molecule has 0 bridgehead atoms. The summed E-state index contributed by atoms with van der Waals surface area (Å²) in [6.45, 7) is 4.57. The van der Waals surface area contributed by atoms with Crippen LogP contribution in [0.3, 0.4) is 0 Å². The number of carbonyl (C=O) groups is 1. The predicted molar refractivity (Wildman–Crippen MR) is 130 cm³/mol. The molecule has 2 unspecified atom stereocenters. The number of nitrogens with one attached hydrogen (secondary N) is 2. The molecule has 8 nitrogen and oxygen atoms in total. The van der Waals surface area contributed by atoms with Crippen LogP contribution in [0.15, 0.2) is 67.2 Å². The Morgan fingerprint density at radius 3 is 3.03 bits per heavy atom. The second-order valence-corrected chi connectivity index (χ2v) is 8.59. The van der Waals surface area contributed by atoms with E-state index in [2.05, 4.69) is 26.7 Å². The lowest BCUT2D eigenvalue weighted by molar-refractivity contribution is 0.0789. The highest BCUT2D eigenvalue weighted by atomic mass is 16.5. The van der Waals surface area contributed by atoms with Gasteiger partial charge in [0.05, 0.1) is 23.8 Å². The molecule has 8 heteroatoms. The molecule has 3 N–H and O–H groups in total. The van der Waals surface area contributed by atoms with Crippen molar-refractivity contribution in [2.75, 3.05) is 11.9 Å². The largest absolute Gasteiger partial charge is 0.493 e. The first-order valence-electron chi connectivity index (χ1n) is 11.4. The quantitative estimate of drug-likeness (QED) is 0.523. The monoisotopic (exact) mass is 457 g/mol. The maximum absolute atomic E-state index is 13.0. The number of ether oxygens (including phenoxy) is 1. The second kappa shape index (κ2) is 8.79. The van der Waals surface area contributed by atoms with Crippen molar-refractivity contribution in [1.82, 2.24) is 19.9 Å². The van der Waals surface area contributed by atoms with Crippen molar-refractivity contribution in [3.05, 3.63) is 83.9 Å². The molecule has 0 saturated carbocycles. The zero-order chi connectivity index (χ0) is 23.7. The number of hydrogen-bond donors (Lipinski definition) is 3. The van der Waals surface area contributed by atoms with Crippen molar-refractivity contribution in [2.45, 2.75) is 38.3 Å². The Morgan fingerprint density at radius 1 is 1.32 bits per heavy atom. The highest BCUT2D eigenvalue weighted by molar-refractivity contribution is 5.95. The van der Waals surface area contributed by atoms with E-state index in [-0.39, 0.29) is 5.91 Å². The summed E-state index contributed by atoms with van der Waals surface area (Å²) in [5.74, 6) is 1.80. The summed E-state index contributed by atoms with van der Waals surface area (Å²) in [7, 11) is 0. The Balaban J connectivity index is 1.36. The summed E-state index contributed by atoms with van der Waals surface area (Å²) in [4.78, 5) is 22.1. The van der Waals surface area contributed by atoms with E-state index in [1.54, 1.807) is 41.4 Å². The Labute approximate surface area is 198 Å². The van der Waals surface area contributed by atoms with Crippen LogP contribution in [0, 0.1) is 6.92 Å². The minimum absolute atomic E-state index is 0.259. The molecule has 1 aliphatic carbocycles. The molecule has 5 rings (SSSR count). The number of nitrogens with zero attached hydrogens (tertiary/aromatic N) is 3. The van der Waals surface area contributed by atoms with Crippen LogP contribution in [-0.4, -0.2) is 43.8 Å². The van der Waals surface area contributed by atoms with Gasteiger partial charge in [-0.25, -0.2) is 4.98 Å². The van der Waals surface area contributed by atoms with E-state index in [9.17, 15) is 9.90 Å². The molecular weight excluding hydrogens is 430 g/mol. The summed E-state index contributed by atoms with van der Waals surface area (Å²) in [6.07, 6.45) is 13.1. The molecule has 0 saturated heterocycles. The molecule has 3 aromatic rings. The number of aliphatic hydroxyl groups excluding tert-OH is 1. The van der Waals surface area contributed by atoms with E-state index >= 15 is 0 Å². The molecule has 174 valence electrons. The van der Waals surface area contributed by atoms with Crippen LogP contribution >= 0.6 is 0 Å². The molecule has 1 aliphatic heterocycles. The van der Waals surface area contributed by atoms with E-state index in [0.29, 0.717) is 30.4 Å². The fraction of sp³-hybridized carbons (Fsp3) is 0.269. The first kappa shape index (κ1) is 21.9. The summed E-state index contributed by atoms with van der Waals surface area (Å²) >= 11 is 0. The molecule has 2 aromatic heterocycles. The van der Waals surface area contributed by atoms with E-state index in [1.807, 2.05) is 38.1 Å². The number of aryl methyl sites for hydroxylation is 1. The SMILES string of the molecule is CCC1(NC(=O)c2ccn(-c3nc(Nc4ccc5c(c4)CCO5)ncc3C)c2)C=CC=CC1O. The highest BCUT2D eigenvalue weighted by Crippen LogP contribution is 2.29. The maximum Gasteiger partial charge on any atom is 0.253 e. The third-order valence-corrected chi connectivity index (χ3v) is 6.35. The summed E-state index contributed by atoms with van der Waals surface area (Å²) in [5.41, 5.74) is 2.59. The molecule has 3 heterocycles. The van der Waals surface area contributed by atoms with Crippen LogP contribution in [0.25, 0.3) is 5.82 Å². The van der Waals surface area contributed by atoms with Crippen molar-refractivity contribution in [3.8, 4) is 11.6 Å². The van der Waals surface area contributed by atoms with Crippen LogP contribution in [0.2, 0.25) is 0 Å². The number of amides is 1. The molecule has 34 heavy (non-hydrogen) atoms. The van der Waals surface area contributed by atoms with Gasteiger partial charge in [0.15, 0.2) is 0 Å². The van der Waals surface area contributed by atoms with Crippen LogP contribution in [0.5, 0.6) is 5.75 Å². The second-order valence-electron chi connectivity index (χ2n) is 8.59. The van der Waals surface area contributed by atoms with Crippen LogP contribution in [-0.2, 0) is 6.42 Å². The van der Waals surface area contributed by atoms with Gasteiger partial charge in [-0.15, -0.1) is 0 Å². The molecule has 1 amide bonds. The van der Waals surface area contributed by atoms with Crippen molar-refractivity contribution >= 4 is 17.5 Å². The zero-order valence-electron chi connectivity index (χ0n) is 19.2. The van der Waals surface area contributed by atoms with Gasteiger partial charge in [0.1, 0.15) is 11.6 Å². The smallest absolute Gasteiger partial charge is 0.253 e. The third kappa shape index (κ3) is 4.08. The number of benzene rings is 1. The fourth-order valence-corrected chi connectivity index (χ4v) is 4.29. The van der Waals surface area contributed by atoms with Gasteiger partial charge in [-0.2, -0.15) is 4.98 Å². The number of carbonyl (C=O) groups excluding carboxylic acids is 1. The van der Waals surface area contributed by atoms with E-state index in [1.165, 1.54) is 0 Å². The van der Waals surface area contributed by atoms with Crippen LogP contribution < -0.4 is 15.4 Å². The standard InChI is InChI=1S/C26H27N5O3/c1-3-26(11-5-4-6-22(26)32)30-24(33)19-9-12-31(16-19)23-17(2)15-27-25(29-23)28-20-7-8-21-18(14-20)10-13-34-21/h4-9,11-12,14-16,22,32H,3,10,13H2,1-2H3,(H,30,33)(H,27,28,29). The summed E-state index contributed by atoms with van der Waals surface area (Å²) in [5, 5.41) is 16.7. The third-order valence-electron chi connectivity index (χ3n) is 6.35.